The summed E-state index contributed by atoms with van der Waals surface area (Å²) >= 11 is 0. The van der Waals surface area contributed by atoms with Gasteiger partial charge < -0.3 is 0 Å². The van der Waals surface area contributed by atoms with Crippen LogP contribution in [-0.2, 0) is 0 Å². The van der Waals surface area contributed by atoms with E-state index in [-0.39, 0.29) is 0 Å². The monoisotopic (exact) mass is 366 g/mol. The van der Waals surface area contributed by atoms with E-state index in [2.05, 4.69) is 20.8 Å². The summed E-state index contributed by atoms with van der Waals surface area (Å²) in [4.78, 5) is 0. The minimum absolute atomic E-state index is 0.971. The van der Waals surface area contributed by atoms with Gasteiger partial charge >= 0.3 is 0 Å². The molecule has 158 valence electrons. The van der Waals surface area contributed by atoms with E-state index in [4.69, 9.17) is 0 Å². The Balaban J connectivity index is 3.06. The lowest BCUT2D eigenvalue weighted by atomic mass is 9.96. The van der Waals surface area contributed by atoms with E-state index in [9.17, 15) is 0 Å². The summed E-state index contributed by atoms with van der Waals surface area (Å²) in [6, 6.07) is 0. The maximum Gasteiger partial charge on any atom is -0.0443 e. The van der Waals surface area contributed by atoms with E-state index in [1.54, 1.807) is 0 Å². The van der Waals surface area contributed by atoms with Crippen LogP contribution in [0.25, 0.3) is 0 Å². The molecular weight excluding hydrogens is 312 g/mol. The third kappa shape index (κ3) is 22.0. The van der Waals surface area contributed by atoms with Crippen molar-refractivity contribution in [2.45, 2.75) is 162 Å². The van der Waals surface area contributed by atoms with E-state index in [0.29, 0.717) is 0 Å². The summed E-state index contributed by atoms with van der Waals surface area (Å²) in [5.41, 5.74) is 0. The van der Waals surface area contributed by atoms with Crippen molar-refractivity contribution in [3.63, 3.8) is 0 Å². The molecule has 0 bridgehead atoms. The van der Waals surface area contributed by atoms with Gasteiger partial charge in [-0.05, 0) is 5.92 Å². The third-order valence-electron chi connectivity index (χ3n) is 6.10. The molecule has 0 amide bonds. The maximum atomic E-state index is 2.47. The molecule has 0 aromatic rings. The van der Waals surface area contributed by atoms with Crippen LogP contribution in [0.15, 0.2) is 0 Å². The van der Waals surface area contributed by atoms with Gasteiger partial charge in [-0.1, -0.05) is 162 Å². The van der Waals surface area contributed by atoms with Crippen LogP contribution in [0.4, 0.5) is 0 Å². The van der Waals surface area contributed by atoms with Gasteiger partial charge in [0.25, 0.3) is 0 Å². The zero-order valence-corrected chi connectivity index (χ0v) is 19.1. The van der Waals surface area contributed by atoms with Gasteiger partial charge in [-0.2, -0.15) is 0 Å². The first-order valence-corrected chi connectivity index (χ1v) is 12.8. The Morgan fingerprint density at radius 1 is 0.346 bits per heavy atom. The molecule has 0 spiro atoms. The largest absolute Gasteiger partial charge is 0.0654 e. The fourth-order valence-electron chi connectivity index (χ4n) is 4.10. The Hall–Kier alpha value is 0. The van der Waals surface area contributed by atoms with E-state index in [1.807, 2.05) is 0 Å². The molecule has 0 aromatic heterocycles. The summed E-state index contributed by atoms with van der Waals surface area (Å²) in [5, 5.41) is 0. The molecule has 0 aliphatic rings. The zero-order chi connectivity index (χ0) is 19.1. The zero-order valence-electron chi connectivity index (χ0n) is 19.1. The average molecular weight is 367 g/mol. The lowest BCUT2D eigenvalue weighted by molar-refractivity contribution is 0.433. The lowest BCUT2D eigenvalue weighted by Gasteiger charge is -2.10. The molecule has 0 rings (SSSR count). The SMILES string of the molecule is CCCCCCCCCCCCCCCCCC[C@H](C)CCCCCC. The first-order valence-electron chi connectivity index (χ1n) is 12.8. The number of hydrogen-bond acceptors (Lipinski definition) is 0. The second-order valence-electron chi connectivity index (χ2n) is 9.05. The smallest absolute Gasteiger partial charge is 0.0443 e. The molecule has 0 radical (unpaired) electrons. The summed E-state index contributed by atoms with van der Waals surface area (Å²) in [6.07, 6.45) is 32.3. The molecule has 0 heterocycles. The number of unbranched alkanes of at least 4 members (excludes halogenated alkanes) is 18. The topological polar surface area (TPSA) is 0 Å². The first-order chi connectivity index (χ1) is 12.8. The fraction of sp³-hybridized carbons (Fsp3) is 1.00. The highest BCUT2D eigenvalue weighted by atomic mass is 14.1. The fourth-order valence-corrected chi connectivity index (χ4v) is 4.10. The minimum atomic E-state index is 0.971. The van der Waals surface area contributed by atoms with Crippen LogP contribution < -0.4 is 0 Å². The van der Waals surface area contributed by atoms with Gasteiger partial charge in [0.2, 0.25) is 0 Å². The Labute approximate surface area is 168 Å². The van der Waals surface area contributed by atoms with E-state index in [1.165, 1.54) is 141 Å². The second-order valence-corrected chi connectivity index (χ2v) is 9.05. The molecule has 0 N–H and O–H groups in total. The van der Waals surface area contributed by atoms with Crippen LogP contribution >= 0.6 is 0 Å². The van der Waals surface area contributed by atoms with Gasteiger partial charge in [0.15, 0.2) is 0 Å². The summed E-state index contributed by atoms with van der Waals surface area (Å²) in [5.74, 6) is 0.971. The van der Waals surface area contributed by atoms with Gasteiger partial charge in [0.1, 0.15) is 0 Å². The molecule has 0 heteroatoms. The average Bonchev–Trinajstić information content (AvgIpc) is 2.65. The molecule has 0 saturated heterocycles. The first kappa shape index (κ1) is 26.0. The molecule has 0 nitrogen and oxygen atoms in total. The van der Waals surface area contributed by atoms with E-state index < -0.39 is 0 Å². The molecular formula is C26H54. The molecule has 26 heavy (non-hydrogen) atoms. The van der Waals surface area contributed by atoms with Crippen LogP contribution in [0.2, 0.25) is 0 Å². The maximum absolute atomic E-state index is 2.47. The van der Waals surface area contributed by atoms with Gasteiger partial charge in [0, 0.05) is 0 Å². The molecule has 0 fully saturated rings. The Bertz CT molecular complexity index is 232. The highest BCUT2D eigenvalue weighted by molar-refractivity contribution is 4.55. The number of hydrogen-bond donors (Lipinski definition) is 0. The van der Waals surface area contributed by atoms with Crippen molar-refractivity contribution in [3.8, 4) is 0 Å². The van der Waals surface area contributed by atoms with Gasteiger partial charge in [0.05, 0.1) is 0 Å². The van der Waals surface area contributed by atoms with Gasteiger partial charge in [-0.3, -0.25) is 0 Å². The summed E-state index contributed by atoms with van der Waals surface area (Å²) in [6.45, 7) is 7.08. The predicted molar refractivity (Wildman–Crippen MR) is 122 cm³/mol. The number of rotatable bonds is 22. The molecule has 0 aliphatic heterocycles. The van der Waals surface area contributed by atoms with Gasteiger partial charge in [-0.15, -0.1) is 0 Å². The molecule has 0 unspecified atom stereocenters. The molecule has 0 aromatic carbocycles. The third-order valence-corrected chi connectivity index (χ3v) is 6.10. The van der Waals surface area contributed by atoms with Gasteiger partial charge in [-0.25, -0.2) is 0 Å². The minimum Gasteiger partial charge on any atom is -0.0654 e. The summed E-state index contributed by atoms with van der Waals surface area (Å²) < 4.78 is 0. The van der Waals surface area contributed by atoms with Crippen molar-refractivity contribution in [1.29, 1.82) is 0 Å². The summed E-state index contributed by atoms with van der Waals surface area (Å²) in [7, 11) is 0. The van der Waals surface area contributed by atoms with Crippen molar-refractivity contribution in [1.82, 2.24) is 0 Å². The van der Waals surface area contributed by atoms with Crippen LogP contribution in [0.5, 0.6) is 0 Å². The van der Waals surface area contributed by atoms with Crippen LogP contribution in [0.3, 0.4) is 0 Å². The quantitative estimate of drug-likeness (QED) is 0.167. The Morgan fingerprint density at radius 2 is 0.577 bits per heavy atom. The van der Waals surface area contributed by atoms with Crippen molar-refractivity contribution < 1.29 is 0 Å². The molecule has 0 aliphatic carbocycles. The van der Waals surface area contributed by atoms with Crippen molar-refractivity contribution in [3.05, 3.63) is 0 Å². The predicted octanol–water partition coefficient (Wildman–Crippen LogP) is 10.2. The Morgan fingerprint density at radius 3 is 0.885 bits per heavy atom. The highest BCUT2D eigenvalue weighted by Crippen LogP contribution is 2.18. The Kier molecular flexibility index (Phi) is 23.0. The molecule has 0 saturated carbocycles. The van der Waals surface area contributed by atoms with E-state index >= 15 is 0 Å². The second kappa shape index (κ2) is 23.0. The molecule has 1 atom stereocenters. The van der Waals surface area contributed by atoms with Crippen molar-refractivity contribution in [2.24, 2.45) is 5.92 Å². The van der Waals surface area contributed by atoms with Crippen molar-refractivity contribution >= 4 is 0 Å². The standard InChI is InChI=1S/C26H54/c1-4-6-8-10-11-12-13-14-15-16-17-18-19-20-21-23-25-26(3)24-22-9-7-5-2/h26H,4-25H2,1-3H3/t26-/m1/s1. The van der Waals surface area contributed by atoms with Crippen LogP contribution in [0.1, 0.15) is 162 Å². The highest BCUT2D eigenvalue weighted by Gasteiger charge is 2.01. The lowest BCUT2D eigenvalue weighted by Crippen LogP contribution is -1.95. The van der Waals surface area contributed by atoms with Crippen molar-refractivity contribution in [2.75, 3.05) is 0 Å². The van der Waals surface area contributed by atoms with E-state index in [0.717, 1.165) is 5.92 Å². The van der Waals surface area contributed by atoms with Crippen LogP contribution in [0, 0.1) is 5.92 Å². The van der Waals surface area contributed by atoms with Crippen LogP contribution in [-0.4, -0.2) is 0 Å². The normalized spacial score (nSPS) is 12.6.